The first-order chi connectivity index (χ1) is 6.22. The number of hydrogen-bond donors (Lipinski definition) is 1. The maximum Gasteiger partial charge on any atom is 0.230 e. The fraction of sp³-hybridized carbons (Fsp3) is 0.778. The van der Waals surface area contributed by atoms with Crippen molar-refractivity contribution in [2.45, 2.75) is 33.7 Å². The predicted molar refractivity (Wildman–Crippen MR) is 50.2 cm³/mol. The zero-order valence-corrected chi connectivity index (χ0v) is 8.50. The van der Waals surface area contributed by atoms with Crippen LogP contribution in [0.2, 0.25) is 0 Å². The molecule has 1 rings (SSSR count). The smallest absolute Gasteiger partial charge is 0.230 e. The molecule has 0 aromatic carbocycles. The summed E-state index contributed by atoms with van der Waals surface area (Å²) in [6, 6.07) is 0. The summed E-state index contributed by atoms with van der Waals surface area (Å²) in [6.07, 6.45) is 0.860. The van der Waals surface area contributed by atoms with Crippen LogP contribution in [0.5, 0.6) is 0 Å². The highest BCUT2D eigenvalue weighted by atomic mass is 16.4. The van der Waals surface area contributed by atoms with Gasteiger partial charge >= 0.3 is 0 Å². The predicted octanol–water partition coefficient (Wildman–Crippen LogP) is 1.38. The monoisotopic (exact) mass is 183 g/mol. The summed E-state index contributed by atoms with van der Waals surface area (Å²) in [5, 5.41) is 11.0. The quantitative estimate of drug-likeness (QED) is 0.749. The molecule has 0 spiro atoms. The SMILES string of the molecule is CCNCc1nnc(CC(C)C)o1. The Kier molecular flexibility index (Phi) is 3.89. The molecule has 74 valence electrons. The van der Waals surface area contributed by atoms with Gasteiger partial charge in [0.05, 0.1) is 6.54 Å². The second kappa shape index (κ2) is 4.97. The second-order valence-electron chi connectivity index (χ2n) is 3.47. The van der Waals surface area contributed by atoms with Gasteiger partial charge in [-0.1, -0.05) is 20.8 Å². The van der Waals surface area contributed by atoms with Crippen molar-refractivity contribution in [3.8, 4) is 0 Å². The molecule has 1 heterocycles. The average Bonchev–Trinajstić information content (AvgIpc) is 2.48. The van der Waals surface area contributed by atoms with Gasteiger partial charge in [0, 0.05) is 6.42 Å². The molecule has 0 amide bonds. The van der Waals surface area contributed by atoms with E-state index in [1.54, 1.807) is 0 Å². The molecule has 0 unspecified atom stereocenters. The van der Waals surface area contributed by atoms with Crippen LogP contribution in [0.3, 0.4) is 0 Å². The molecule has 0 bridgehead atoms. The van der Waals surface area contributed by atoms with Gasteiger partial charge in [-0.3, -0.25) is 0 Å². The van der Waals surface area contributed by atoms with Crippen LogP contribution in [0.25, 0.3) is 0 Å². The second-order valence-corrected chi connectivity index (χ2v) is 3.47. The lowest BCUT2D eigenvalue weighted by atomic mass is 10.1. The highest BCUT2D eigenvalue weighted by Crippen LogP contribution is 2.06. The number of aromatic nitrogens is 2. The largest absolute Gasteiger partial charge is 0.424 e. The van der Waals surface area contributed by atoms with Gasteiger partial charge < -0.3 is 9.73 Å². The molecule has 4 nitrogen and oxygen atoms in total. The average molecular weight is 183 g/mol. The zero-order valence-electron chi connectivity index (χ0n) is 8.50. The molecule has 0 fully saturated rings. The number of nitrogens with zero attached hydrogens (tertiary/aromatic N) is 2. The van der Waals surface area contributed by atoms with E-state index in [9.17, 15) is 0 Å². The standard InChI is InChI=1S/C9H17N3O/c1-4-10-6-9-12-11-8(13-9)5-7(2)3/h7,10H,4-6H2,1-3H3. The van der Waals surface area contributed by atoms with Gasteiger partial charge in [-0.2, -0.15) is 0 Å². The number of nitrogens with one attached hydrogen (secondary N) is 1. The van der Waals surface area contributed by atoms with Crippen LogP contribution in [0, 0.1) is 5.92 Å². The van der Waals surface area contributed by atoms with E-state index in [1.165, 1.54) is 0 Å². The highest BCUT2D eigenvalue weighted by molar-refractivity contribution is 4.82. The van der Waals surface area contributed by atoms with Crippen molar-refractivity contribution in [3.05, 3.63) is 11.8 Å². The van der Waals surface area contributed by atoms with Gasteiger partial charge in [-0.15, -0.1) is 10.2 Å². The molecular weight excluding hydrogens is 166 g/mol. The van der Waals surface area contributed by atoms with E-state index in [4.69, 9.17) is 4.42 Å². The Balaban J connectivity index is 2.44. The Hall–Kier alpha value is -0.900. The third kappa shape index (κ3) is 3.55. The van der Waals surface area contributed by atoms with Crippen molar-refractivity contribution < 1.29 is 4.42 Å². The fourth-order valence-electron chi connectivity index (χ4n) is 1.02. The summed E-state index contributed by atoms with van der Waals surface area (Å²) in [5.41, 5.74) is 0. The highest BCUT2D eigenvalue weighted by Gasteiger charge is 2.06. The lowest BCUT2D eigenvalue weighted by Gasteiger charge is -1.97. The Labute approximate surface area is 78.7 Å². The first-order valence-corrected chi connectivity index (χ1v) is 4.74. The molecule has 0 aliphatic carbocycles. The third-order valence-corrected chi connectivity index (χ3v) is 1.62. The van der Waals surface area contributed by atoms with E-state index in [0.29, 0.717) is 18.4 Å². The lowest BCUT2D eigenvalue weighted by molar-refractivity contribution is 0.414. The maximum atomic E-state index is 5.41. The maximum absolute atomic E-state index is 5.41. The molecule has 0 radical (unpaired) electrons. The summed E-state index contributed by atoms with van der Waals surface area (Å²) < 4.78 is 5.41. The van der Waals surface area contributed by atoms with E-state index in [-0.39, 0.29) is 0 Å². The van der Waals surface area contributed by atoms with Crippen LogP contribution < -0.4 is 5.32 Å². The van der Waals surface area contributed by atoms with Gasteiger partial charge in [0.25, 0.3) is 0 Å². The minimum Gasteiger partial charge on any atom is -0.424 e. The minimum absolute atomic E-state index is 0.562. The van der Waals surface area contributed by atoms with Crippen molar-refractivity contribution in [3.63, 3.8) is 0 Å². The van der Waals surface area contributed by atoms with E-state index < -0.39 is 0 Å². The molecule has 1 N–H and O–H groups in total. The molecule has 13 heavy (non-hydrogen) atoms. The van der Waals surface area contributed by atoms with E-state index in [1.807, 2.05) is 6.92 Å². The van der Waals surface area contributed by atoms with Gasteiger partial charge in [-0.05, 0) is 12.5 Å². The third-order valence-electron chi connectivity index (χ3n) is 1.62. The van der Waals surface area contributed by atoms with Crippen molar-refractivity contribution in [2.24, 2.45) is 5.92 Å². The molecule has 0 saturated carbocycles. The van der Waals surface area contributed by atoms with Gasteiger partial charge in [-0.25, -0.2) is 0 Å². The van der Waals surface area contributed by atoms with E-state index >= 15 is 0 Å². The summed E-state index contributed by atoms with van der Waals surface area (Å²) in [7, 11) is 0. The Morgan fingerprint density at radius 3 is 2.62 bits per heavy atom. The van der Waals surface area contributed by atoms with Crippen molar-refractivity contribution >= 4 is 0 Å². The van der Waals surface area contributed by atoms with E-state index in [0.717, 1.165) is 18.9 Å². The topological polar surface area (TPSA) is 51.0 Å². The normalized spacial score (nSPS) is 11.1. The Morgan fingerprint density at radius 1 is 1.31 bits per heavy atom. The van der Waals surface area contributed by atoms with Gasteiger partial charge in [0.15, 0.2) is 0 Å². The van der Waals surface area contributed by atoms with Crippen molar-refractivity contribution in [2.75, 3.05) is 6.54 Å². The summed E-state index contributed by atoms with van der Waals surface area (Å²) in [5.74, 6) is 1.98. The van der Waals surface area contributed by atoms with Crippen LogP contribution in [0.15, 0.2) is 4.42 Å². The molecule has 0 saturated heterocycles. The van der Waals surface area contributed by atoms with Gasteiger partial charge in [0.2, 0.25) is 11.8 Å². The molecule has 0 atom stereocenters. The first kappa shape index (κ1) is 10.2. The molecule has 1 aromatic rings. The molecule has 0 aliphatic heterocycles. The minimum atomic E-state index is 0.562. The first-order valence-electron chi connectivity index (χ1n) is 4.74. The summed E-state index contributed by atoms with van der Waals surface area (Å²) >= 11 is 0. The van der Waals surface area contributed by atoms with Crippen LogP contribution in [-0.2, 0) is 13.0 Å². The van der Waals surface area contributed by atoms with Crippen molar-refractivity contribution in [1.29, 1.82) is 0 Å². The van der Waals surface area contributed by atoms with Crippen LogP contribution >= 0.6 is 0 Å². The molecular formula is C9H17N3O. The molecule has 4 heteroatoms. The molecule has 1 aromatic heterocycles. The van der Waals surface area contributed by atoms with E-state index in [2.05, 4.69) is 29.4 Å². The molecule has 0 aliphatic rings. The zero-order chi connectivity index (χ0) is 9.68. The number of hydrogen-bond acceptors (Lipinski definition) is 4. The Bertz CT molecular complexity index is 245. The van der Waals surface area contributed by atoms with Crippen LogP contribution in [0.1, 0.15) is 32.6 Å². The lowest BCUT2D eigenvalue weighted by Crippen LogP contribution is -2.11. The fourth-order valence-corrected chi connectivity index (χ4v) is 1.02. The number of rotatable bonds is 5. The summed E-state index contributed by atoms with van der Waals surface area (Å²) in [4.78, 5) is 0. The van der Waals surface area contributed by atoms with Crippen LogP contribution in [-0.4, -0.2) is 16.7 Å². The Morgan fingerprint density at radius 2 is 2.00 bits per heavy atom. The van der Waals surface area contributed by atoms with Crippen molar-refractivity contribution in [1.82, 2.24) is 15.5 Å². The summed E-state index contributed by atoms with van der Waals surface area (Å²) in [6.45, 7) is 7.90. The van der Waals surface area contributed by atoms with Gasteiger partial charge in [0.1, 0.15) is 0 Å². The van der Waals surface area contributed by atoms with Crippen LogP contribution in [0.4, 0.5) is 0 Å².